The molecule has 4 rings (SSSR count). The zero-order valence-corrected chi connectivity index (χ0v) is 12.9. The van der Waals surface area contributed by atoms with Crippen molar-refractivity contribution < 1.29 is 9.90 Å². The van der Waals surface area contributed by atoms with Crippen molar-refractivity contribution in [3.8, 4) is 0 Å². The molecule has 0 saturated carbocycles. The lowest BCUT2D eigenvalue weighted by molar-refractivity contribution is -0.0963. The van der Waals surface area contributed by atoms with Gasteiger partial charge in [-0.15, -0.1) is 0 Å². The molecule has 0 unspecified atom stereocenters. The van der Waals surface area contributed by atoms with Crippen molar-refractivity contribution in [2.75, 3.05) is 39.8 Å². The Balaban J connectivity index is 1.59. The number of carbonyl (C=O) groups excluding carboxylic acids is 1. The molecule has 1 amide bonds. The molecule has 0 aromatic carbocycles. The molecule has 2 atom stereocenters. The molecule has 1 spiro atoms. The van der Waals surface area contributed by atoms with Gasteiger partial charge in [-0.2, -0.15) is 0 Å². The predicted octanol–water partition coefficient (Wildman–Crippen LogP) is -0.343. The molecule has 6 nitrogen and oxygen atoms in total. The number of carbonyl (C=O) groups is 1. The van der Waals surface area contributed by atoms with Crippen LogP contribution in [0.3, 0.4) is 0 Å². The summed E-state index contributed by atoms with van der Waals surface area (Å²) in [7, 11) is 2.11. The summed E-state index contributed by atoms with van der Waals surface area (Å²) in [5.41, 5.74) is 0.671. The van der Waals surface area contributed by atoms with E-state index >= 15 is 0 Å². The van der Waals surface area contributed by atoms with Gasteiger partial charge in [0.15, 0.2) is 0 Å². The summed E-state index contributed by atoms with van der Waals surface area (Å²) in [6.45, 7) is 4.12. The standard InChI is InChI=1S/C16H22N4O2/c1-18-9-16(10-18)11-19(7-13-5-14(21)8-20(13)16)15(22)12-3-2-4-17-6-12/h2-4,6,13-14,21H,5,7-11H2,1H3/t13-,14+/m0/s1. The highest BCUT2D eigenvalue weighted by atomic mass is 16.3. The molecule has 0 bridgehead atoms. The van der Waals surface area contributed by atoms with Crippen molar-refractivity contribution in [1.29, 1.82) is 0 Å². The predicted molar refractivity (Wildman–Crippen MR) is 81.5 cm³/mol. The summed E-state index contributed by atoms with van der Waals surface area (Å²) < 4.78 is 0. The Morgan fingerprint density at radius 3 is 2.86 bits per heavy atom. The van der Waals surface area contributed by atoms with Gasteiger partial charge in [0.05, 0.1) is 17.2 Å². The Labute approximate surface area is 130 Å². The second-order valence-electron chi connectivity index (χ2n) is 7.02. The first-order valence-electron chi connectivity index (χ1n) is 7.90. The number of amides is 1. The Morgan fingerprint density at radius 2 is 2.18 bits per heavy atom. The smallest absolute Gasteiger partial charge is 0.255 e. The second-order valence-corrected chi connectivity index (χ2v) is 7.02. The fraction of sp³-hybridized carbons (Fsp3) is 0.625. The third kappa shape index (κ3) is 2.14. The number of aliphatic hydroxyl groups is 1. The Hall–Kier alpha value is -1.50. The lowest BCUT2D eigenvalue weighted by atomic mass is 9.84. The van der Waals surface area contributed by atoms with Crippen molar-refractivity contribution in [2.24, 2.45) is 0 Å². The number of β-amino-alcohol motifs (C(OH)–C–C–N with tert-alkyl or cyclic N) is 1. The van der Waals surface area contributed by atoms with Crippen molar-refractivity contribution in [3.05, 3.63) is 30.1 Å². The molecule has 22 heavy (non-hydrogen) atoms. The third-order valence-electron chi connectivity index (χ3n) is 5.24. The van der Waals surface area contributed by atoms with Gasteiger partial charge in [0.1, 0.15) is 0 Å². The molecular weight excluding hydrogens is 280 g/mol. The number of hydrogen-bond donors (Lipinski definition) is 1. The lowest BCUT2D eigenvalue weighted by Crippen LogP contribution is -2.77. The van der Waals surface area contributed by atoms with Crippen molar-refractivity contribution in [3.63, 3.8) is 0 Å². The third-order valence-corrected chi connectivity index (χ3v) is 5.24. The van der Waals surface area contributed by atoms with E-state index in [0.717, 1.165) is 32.6 Å². The number of piperazine rings is 1. The number of aliphatic hydroxyl groups excluding tert-OH is 1. The molecular formula is C16H22N4O2. The fourth-order valence-electron chi connectivity index (χ4n) is 4.48. The van der Waals surface area contributed by atoms with Gasteiger partial charge in [0, 0.05) is 51.2 Å². The maximum Gasteiger partial charge on any atom is 0.255 e. The molecule has 3 aliphatic heterocycles. The van der Waals surface area contributed by atoms with E-state index in [4.69, 9.17) is 0 Å². The highest BCUT2D eigenvalue weighted by Gasteiger charge is 2.55. The number of pyridine rings is 1. The van der Waals surface area contributed by atoms with Crippen LogP contribution in [-0.2, 0) is 0 Å². The van der Waals surface area contributed by atoms with E-state index in [1.165, 1.54) is 0 Å². The largest absolute Gasteiger partial charge is 0.392 e. The molecule has 4 heterocycles. The van der Waals surface area contributed by atoms with Gasteiger partial charge in [-0.1, -0.05) is 0 Å². The summed E-state index contributed by atoms with van der Waals surface area (Å²) in [6.07, 6.45) is 3.83. The van der Waals surface area contributed by atoms with Crippen LogP contribution in [0.25, 0.3) is 0 Å². The van der Waals surface area contributed by atoms with Gasteiger partial charge < -0.3 is 14.9 Å². The number of rotatable bonds is 1. The van der Waals surface area contributed by atoms with Crippen LogP contribution < -0.4 is 0 Å². The van der Waals surface area contributed by atoms with E-state index in [1.807, 2.05) is 11.0 Å². The summed E-state index contributed by atoms with van der Waals surface area (Å²) in [5, 5.41) is 10.1. The van der Waals surface area contributed by atoms with E-state index in [-0.39, 0.29) is 23.6 Å². The van der Waals surface area contributed by atoms with Crippen molar-refractivity contribution in [2.45, 2.75) is 24.1 Å². The average molecular weight is 302 g/mol. The van der Waals surface area contributed by atoms with E-state index in [1.54, 1.807) is 18.5 Å². The fourth-order valence-corrected chi connectivity index (χ4v) is 4.48. The number of hydrogen-bond acceptors (Lipinski definition) is 5. The first kappa shape index (κ1) is 14.1. The minimum absolute atomic E-state index is 0.0208. The van der Waals surface area contributed by atoms with Gasteiger partial charge in [0.25, 0.3) is 5.91 Å². The highest BCUT2D eigenvalue weighted by Crippen LogP contribution is 2.38. The molecule has 1 aromatic rings. The summed E-state index contributed by atoms with van der Waals surface area (Å²) in [6, 6.07) is 3.90. The lowest BCUT2D eigenvalue weighted by Gasteiger charge is -2.60. The Kier molecular flexibility index (Phi) is 3.21. The number of likely N-dealkylation sites (tertiary alicyclic amines) is 1. The second kappa shape index (κ2) is 5.01. The van der Waals surface area contributed by atoms with Crippen LogP contribution in [0.2, 0.25) is 0 Å². The van der Waals surface area contributed by atoms with Crippen LogP contribution >= 0.6 is 0 Å². The van der Waals surface area contributed by atoms with Gasteiger partial charge >= 0.3 is 0 Å². The van der Waals surface area contributed by atoms with E-state index in [0.29, 0.717) is 12.1 Å². The molecule has 6 heteroatoms. The summed E-state index contributed by atoms with van der Waals surface area (Å²) in [4.78, 5) is 23.5. The van der Waals surface area contributed by atoms with E-state index in [2.05, 4.69) is 21.8 Å². The highest BCUT2D eigenvalue weighted by molar-refractivity contribution is 5.94. The van der Waals surface area contributed by atoms with Crippen LogP contribution in [0.5, 0.6) is 0 Å². The van der Waals surface area contributed by atoms with E-state index < -0.39 is 0 Å². The molecule has 0 radical (unpaired) electrons. The van der Waals surface area contributed by atoms with Crippen molar-refractivity contribution in [1.82, 2.24) is 19.7 Å². The molecule has 3 saturated heterocycles. The van der Waals surface area contributed by atoms with Crippen LogP contribution in [0.1, 0.15) is 16.8 Å². The molecule has 3 fully saturated rings. The van der Waals surface area contributed by atoms with Gasteiger partial charge in [-0.05, 0) is 25.6 Å². The zero-order valence-electron chi connectivity index (χ0n) is 12.9. The maximum absolute atomic E-state index is 12.8. The van der Waals surface area contributed by atoms with Gasteiger partial charge in [-0.3, -0.25) is 14.7 Å². The molecule has 118 valence electrons. The normalized spacial score (nSPS) is 31.1. The van der Waals surface area contributed by atoms with Crippen LogP contribution in [0.15, 0.2) is 24.5 Å². The molecule has 1 aromatic heterocycles. The maximum atomic E-state index is 12.8. The number of likely N-dealkylation sites (N-methyl/N-ethyl adjacent to an activating group) is 1. The van der Waals surface area contributed by atoms with Gasteiger partial charge in [0.2, 0.25) is 0 Å². The molecule has 1 N–H and O–H groups in total. The minimum atomic E-state index is -0.263. The Bertz CT molecular complexity index is 573. The minimum Gasteiger partial charge on any atom is -0.392 e. The van der Waals surface area contributed by atoms with Crippen molar-refractivity contribution >= 4 is 5.91 Å². The number of fused-ring (bicyclic) bond motifs is 2. The Morgan fingerprint density at radius 1 is 1.36 bits per heavy atom. The molecule has 0 aliphatic carbocycles. The number of aromatic nitrogens is 1. The number of nitrogens with zero attached hydrogens (tertiary/aromatic N) is 4. The first-order chi connectivity index (χ1) is 10.6. The molecule has 3 aliphatic rings. The van der Waals surface area contributed by atoms with E-state index in [9.17, 15) is 9.90 Å². The first-order valence-corrected chi connectivity index (χ1v) is 7.90. The summed E-state index contributed by atoms with van der Waals surface area (Å²) >= 11 is 0. The zero-order chi connectivity index (χ0) is 15.3. The topological polar surface area (TPSA) is 59.9 Å². The quantitative estimate of drug-likeness (QED) is 0.769. The van der Waals surface area contributed by atoms with Crippen LogP contribution in [0, 0.1) is 0 Å². The SMILES string of the molecule is CN1CC2(C1)CN(C(=O)c1cccnc1)C[C@@H]1C[C@@H](O)CN12. The van der Waals surface area contributed by atoms with Crippen LogP contribution in [-0.4, -0.2) is 88.2 Å². The van der Waals surface area contributed by atoms with Crippen LogP contribution in [0.4, 0.5) is 0 Å². The monoisotopic (exact) mass is 302 g/mol. The average Bonchev–Trinajstić information content (AvgIpc) is 2.87. The van der Waals surface area contributed by atoms with Gasteiger partial charge in [-0.25, -0.2) is 0 Å². The summed E-state index contributed by atoms with van der Waals surface area (Å²) in [5.74, 6) is 0.0584.